The molecule has 3 rings (SSSR count). The standard InChI is InChI=1S/C21H24ClN3O3S/c1-24(2)12-7-13-25(21-23-20-15(22)8-6-11-18(20)29-21)19(26)14-28-17-10-5-4-9-16(17)27-3/h4-6,8-11H,7,12-14H2,1-3H3. The Morgan fingerprint density at radius 3 is 2.55 bits per heavy atom. The number of methoxy groups -OCH3 is 1. The van der Waals surface area contributed by atoms with Crippen LogP contribution in [0, 0.1) is 0 Å². The molecule has 8 heteroatoms. The van der Waals surface area contributed by atoms with E-state index in [2.05, 4.69) is 9.88 Å². The Balaban J connectivity index is 1.79. The van der Waals surface area contributed by atoms with E-state index in [9.17, 15) is 4.79 Å². The van der Waals surface area contributed by atoms with Crippen LogP contribution in [0.25, 0.3) is 10.2 Å². The highest BCUT2D eigenvalue weighted by atomic mass is 35.5. The molecule has 0 radical (unpaired) electrons. The molecule has 0 saturated heterocycles. The lowest BCUT2D eigenvalue weighted by atomic mass is 10.3. The molecule has 0 saturated carbocycles. The number of anilines is 1. The molecule has 6 nitrogen and oxygen atoms in total. The number of carbonyl (C=O) groups excluding carboxylic acids is 1. The van der Waals surface area contributed by atoms with E-state index < -0.39 is 0 Å². The number of thiazole rings is 1. The first kappa shape index (κ1) is 21.4. The Labute approximate surface area is 179 Å². The number of para-hydroxylation sites is 3. The molecule has 154 valence electrons. The van der Waals surface area contributed by atoms with Crippen molar-refractivity contribution in [3.8, 4) is 11.5 Å². The lowest BCUT2D eigenvalue weighted by Gasteiger charge is -2.21. The SMILES string of the molecule is COc1ccccc1OCC(=O)N(CCCN(C)C)c1nc2c(Cl)cccc2s1. The first-order chi connectivity index (χ1) is 14.0. The second-order valence-electron chi connectivity index (χ2n) is 6.72. The van der Waals surface area contributed by atoms with Gasteiger partial charge in [-0.2, -0.15) is 0 Å². The fourth-order valence-corrected chi connectivity index (χ4v) is 4.15. The number of fused-ring (bicyclic) bond motifs is 1. The highest BCUT2D eigenvalue weighted by molar-refractivity contribution is 7.22. The first-order valence-corrected chi connectivity index (χ1v) is 10.4. The van der Waals surface area contributed by atoms with Gasteiger partial charge in [0, 0.05) is 6.54 Å². The summed E-state index contributed by atoms with van der Waals surface area (Å²) in [7, 11) is 5.59. The van der Waals surface area contributed by atoms with Crippen LogP contribution in [0.1, 0.15) is 6.42 Å². The molecule has 1 aromatic heterocycles. The fraction of sp³-hybridized carbons (Fsp3) is 0.333. The minimum absolute atomic E-state index is 0.105. The average molecular weight is 434 g/mol. The van der Waals surface area contributed by atoms with Crippen molar-refractivity contribution < 1.29 is 14.3 Å². The number of halogens is 1. The molecule has 0 bridgehead atoms. The number of aromatic nitrogens is 1. The summed E-state index contributed by atoms with van der Waals surface area (Å²) in [4.78, 5) is 21.4. The van der Waals surface area contributed by atoms with Crippen molar-refractivity contribution in [3.05, 3.63) is 47.5 Å². The van der Waals surface area contributed by atoms with Crippen LogP contribution >= 0.6 is 22.9 Å². The van der Waals surface area contributed by atoms with Gasteiger partial charge >= 0.3 is 0 Å². The quantitative estimate of drug-likeness (QED) is 0.503. The largest absolute Gasteiger partial charge is 0.493 e. The molecule has 3 aromatic rings. The van der Waals surface area contributed by atoms with Crippen molar-refractivity contribution in [2.45, 2.75) is 6.42 Å². The molecule has 0 aliphatic carbocycles. The van der Waals surface area contributed by atoms with Gasteiger partial charge in [-0.25, -0.2) is 4.98 Å². The normalized spacial score (nSPS) is 11.1. The van der Waals surface area contributed by atoms with E-state index >= 15 is 0 Å². The maximum absolute atomic E-state index is 13.0. The lowest BCUT2D eigenvalue weighted by molar-refractivity contribution is -0.120. The molecule has 0 aliphatic rings. The number of nitrogens with zero attached hydrogens (tertiary/aromatic N) is 3. The van der Waals surface area contributed by atoms with Crippen LogP contribution < -0.4 is 14.4 Å². The van der Waals surface area contributed by atoms with Gasteiger partial charge in [-0.1, -0.05) is 41.1 Å². The van der Waals surface area contributed by atoms with Crippen LogP contribution in [0.15, 0.2) is 42.5 Å². The Kier molecular flexibility index (Phi) is 7.30. The Morgan fingerprint density at radius 2 is 1.86 bits per heavy atom. The fourth-order valence-electron chi connectivity index (χ4n) is 2.85. The van der Waals surface area contributed by atoms with Crippen molar-refractivity contribution in [2.24, 2.45) is 0 Å². The molecule has 1 heterocycles. The number of rotatable bonds is 9. The zero-order valence-electron chi connectivity index (χ0n) is 16.7. The van der Waals surface area contributed by atoms with E-state index in [0.29, 0.717) is 33.7 Å². The number of benzene rings is 2. The summed E-state index contributed by atoms with van der Waals surface area (Å²) < 4.78 is 12.0. The van der Waals surface area contributed by atoms with Gasteiger partial charge in [-0.3, -0.25) is 9.69 Å². The van der Waals surface area contributed by atoms with Crippen molar-refractivity contribution in [1.82, 2.24) is 9.88 Å². The van der Waals surface area contributed by atoms with Crippen LogP contribution in [0.3, 0.4) is 0 Å². The summed E-state index contributed by atoms with van der Waals surface area (Å²) >= 11 is 7.72. The maximum atomic E-state index is 13.0. The van der Waals surface area contributed by atoms with Gasteiger partial charge in [0.2, 0.25) is 0 Å². The molecule has 0 aliphatic heterocycles. The van der Waals surface area contributed by atoms with Gasteiger partial charge in [0.25, 0.3) is 5.91 Å². The smallest absolute Gasteiger partial charge is 0.266 e. The maximum Gasteiger partial charge on any atom is 0.266 e. The topological polar surface area (TPSA) is 54.9 Å². The van der Waals surface area contributed by atoms with Gasteiger partial charge in [0.1, 0.15) is 5.52 Å². The third kappa shape index (κ3) is 5.38. The Bertz CT molecular complexity index is 977. The summed E-state index contributed by atoms with van der Waals surface area (Å²) in [5.74, 6) is 0.958. The number of hydrogen-bond acceptors (Lipinski definition) is 6. The highest BCUT2D eigenvalue weighted by Crippen LogP contribution is 2.33. The molecule has 0 N–H and O–H groups in total. The molecule has 0 unspecified atom stereocenters. The second kappa shape index (κ2) is 9.91. The van der Waals surface area contributed by atoms with E-state index in [1.807, 2.05) is 38.4 Å². The monoisotopic (exact) mass is 433 g/mol. The second-order valence-corrected chi connectivity index (χ2v) is 8.14. The summed E-state index contributed by atoms with van der Waals surface area (Å²) in [5.41, 5.74) is 0.713. The number of ether oxygens (including phenoxy) is 2. The van der Waals surface area contributed by atoms with Gasteiger partial charge in [-0.15, -0.1) is 0 Å². The van der Waals surface area contributed by atoms with Gasteiger partial charge in [-0.05, 0) is 51.3 Å². The molecule has 0 atom stereocenters. The molecule has 0 fully saturated rings. The van der Waals surface area contributed by atoms with Crippen LogP contribution in [-0.4, -0.2) is 56.7 Å². The summed E-state index contributed by atoms with van der Waals surface area (Å²) in [6.07, 6.45) is 0.817. The molecular weight excluding hydrogens is 410 g/mol. The van der Waals surface area contributed by atoms with E-state index in [0.717, 1.165) is 17.7 Å². The minimum atomic E-state index is -0.162. The zero-order chi connectivity index (χ0) is 20.8. The van der Waals surface area contributed by atoms with Crippen molar-refractivity contribution in [1.29, 1.82) is 0 Å². The van der Waals surface area contributed by atoms with E-state index in [4.69, 9.17) is 21.1 Å². The molecule has 29 heavy (non-hydrogen) atoms. The van der Waals surface area contributed by atoms with Gasteiger partial charge < -0.3 is 14.4 Å². The molecule has 1 amide bonds. The third-order valence-electron chi connectivity index (χ3n) is 4.30. The van der Waals surface area contributed by atoms with E-state index in [-0.39, 0.29) is 12.5 Å². The number of hydrogen-bond donors (Lipinski definition) is 0. The zero-order valence-corrected chi connectivity index (χ0v) is 18.3. The Hall–Kier alpha value is -2.35. The van der Waals surface area contributed by atoms with Crippen LogP contribution in [0.5, 0.6) is 11.5 Å². The average Bonchev–Trinajstić information content (AvgIpc) is 3.14. The number of carbonyl (C=O) groups is 1. The lowest BCUT2D eigenvalue weighted by Crippen LogP contribution is -2.36. The first-order valence-electron chi connectivity index (χ1n) is 9.25. The highest BCUT2D eigenvalue weighted by Gasteiger charge is 2.21. The van der Waals surface area contributed by atoms with Gasteiger partial charge in [0.05, 0.1) is 16.8 Å². The van der Waals surface area contributed by atoms with Crippen molar-refractivity contribution in [2.75, 3.05) is 45.8 Å². The van der Waals surface area contributed by atoms with Crippen molar-refractivity contribution in [3.63, 3.8) is 0 Å². The van der Waals surface area contributed by atoms with Crippen LogP contribution in [0.4, 0.5) is 5.13 Å². The predicted octanol–water partition coefficient (Wildman–Crippen LogP) is 4.32. The predicted molar refractivity (Wildman–Crippen MR) is 119 cm³/mol. The molecule has 2 aromatic carbocycles. The summed E-state index contributed by atoms with van der Waals surface area (Å²) in [5, 5.41) is 1.21. The van der Waals surface area contributed by atoms with E-state index in [1.165, 1.54) is 11.3 Å². The molecular formula is C21H24ClN3O3S. The summed E-state index contributed by atoms with van der Waals surface area (Å²) in [6, 6.07) is 12.9. The van der Waals surface area contributed by atoms with Crippen molar-refractivity contribution >= 4 is 44.2 Å². The Morgan fingerprint density at radius 1 is 1.10 bits per heavy atom. The van der Waals surface area contributed by atoms with E-state index in [1.54, 1.807) is 30.2 Å². The van der Waals surface area contributed by atoms with Gasteiger partial charge in [0.15, 0.2) is 23.2 Å². The third-order valence-corrected chi connectivity index (χ3v) is 5.65. The number of amides is 1. The minimum Gasteiger partial charge on any atom is -0.493 e. The molecule has 0 spiro atoms. The van der Waals surface area contributed by atoms with Crippen LogP contribution in [0.2, 0.25) is 5.02 Å². The summed E-state index contributed by atoms with van der Waals surface area (Å²) in [6.45, 7) is 1.30. The van der Waals surface area contributed by atoms with Crippen LogP contribution in [-0.2, 0) is 4.79 Å².